The Bertz CT molecular complexity index is 482. The van der Waals surface area contributed by atoms with Crippen LogP contribution in [0.5, 0.6) is 0 Å². The van der Waals surface area contributed by atoms with Crippen molar-refractivity contribution in [2.24, 2.45) is 0 Å². The summed E-state index contributed by atoms with van der Waals surface area (Å²) in [6, 6.07) is 5.84. The van der Waals surface area contributed by atoms with E-state index in [-0.39, 0.29) is 24.4 Å². The minimum absolute atomic E-state index is 0.0713. The van der Waals surface area contributed by atoms with Gasteiger partial charge in [-0.3, -0.25) is 14.6 Å². The quantitative estimate of drug-likeness (QED) is 0.849. The molecule has 1 aliphatic rings. The molecule has 1 saturated carbocycles. The lowest BCUT2D eigenvalue weighted by Crippen LogP contribution is -2.43. The van der Waals surface area contributed by atoms with Crippen LogP contribution < -0.4 is 5.32 Å². The highest BCUT2D eigenvalue weighted by molar-refractivity contribution is 5.83. The first-order valence-electron chi connectivity index (χ1n) is 8.10. The number of hydrogen-bond donors (Lipinski definition) is 1. The first kappa shape index (κ1) is 16.5. The van der Waals surface area contributed by atoms with Crippen molar-refractivity contribution in [3.05, 3.63) is 30.1 Å². The molecular formula is C17H25N3O2. The number of nitrogens with zero attached hydrogens (tertiary/aromatic N) is 2. The molecule has 1 aromatic rings. The van der Waals surface area contributed by atoms with E-state index in [0.717, 1.165) is 18.5 Å². The van der Waals surface area contributed by atoms with Gasteiger partial charge in [0.05, 0.1) is 18.8 Å². The third-order valence-electron chi connectivity index (χ3n) is 4.08. The van der Waals surface area contributed by atoms with E-state index in [1.807, 2.05) is 18.2 Å². The molecule has 22 heavy (non-hydrogen) atoms. The molecule has 1 aliphatic carbocycles. The van der Waals surface area contributed by atoms with Crippen molar-refractivity contribution in [1.29, 1.82) is 0 Å². The second-order valence-electron chi connectivity index (χ2n) is 5.95. The smallest absolute Gasteiger partial charge is 0.239 e. The third-order valence-corrected chi connectivity index (χ3v) is 4.08. The van der Waals surface area contributed by atoms with E-state index in [2.05, 4.69) is 10.3 Å². The molecule has 0 aliphatic heterocycles. The Morgan fingerprint density at radius 3 is 2.55 bits per heavy atom. The molecule has 0 unspecified atom stereocenters. The fourth-order valence-electron chi connectivity index (χ4n) is 2.84. The zero-order chi connectivity index (χ0) is 15.8. The molecule has 0 aromatic carbocycles. The van der Waals surface area contributed by atoms with E-state index in [9.17, 15) is 9.59 Å². The summed E-state index contributed by atoms with van der Waals surface area (Å²) in [6.07, 6.45) is 8.65. The van der Waals surface area contributed by atoms with Gasteiger partial charge < -0.3 is 10.2 Å². The summed E-state index contributed by atoms with van der Waals surface area (Å²) in [7, 11) is 0. The van der Waals surface area contributed by atoms with Gasteiger partial charge >= 0.3 is 0 Å². The van der Waals surface area contributed by atoms with Crippen molar-refractivity contribution in [3.63, 3.8) is 0 Å². The van der Waals surface area contributed by atoms with E-state index >= 15 is 0 Å². The summed E-state index contributed by atoms with van der Waals surface area (Å²) in [5.41, 5.74) is 0.792. The van der Waals surface area contributed by atoms with E-state index in [4.69, 9.17) is 0 Å². The van der Waals surface area contributed by atoms with Crippen LogP contribution in [0.1, 0.15) is 51.1 Å². The topological polar surface area (TPSA) is 62.3 Å². The number of aromatic nitrogens is 1. The van der Waals surface area contributed by atoms with Crippen molar-refractivity contribution in [1.82, 2.24) is 15.2 Å². The van der Waals surface area contributed by atoms with Crippen molar-refractivity contribution >= 4 is 11.8 Å². The second-order valence-corrected chi connectivity index (χ2v) is 5.95. The first-order valence-corrected chi connectivity index (χ1v) is 8.10. The molecule has 0 radical (unpaired) electrons. The average molecular weight is 303 g/mol. The highest BCUT2D eigenvalue weighted by Crippen LogP contribution is 2.17. The summed E-state index contributed by atoms with van der Waals surface area (Å²) in [4.78, 5) is 29.7. The van der Waals surface area contributed by atoms with Crippen molar-refractivity contribution in [2.45, 2.75) is 58.0 Å². The number of pyridine rings is 1. The molecule has 0 saturated heterocycles. The first-order chi connectivity index (χ1) is 10.6. The minimum atomic E-state index is -0.110. The van der Waals surface area contributed by atoms with Crippen molar-refractivity contribution in [3.8, 4) is 0 Å². The Morgan fingerprint density at radius 1 is 1.23 bits per heavy atom. The molecular weight excluding hydrogens is 278 g/mol. The summed E-state index contributed by atoms with van der Waals surface area (Å²) in [5, 5.41) is 3.08. The third kappa shape index (κ3) is 5.47. The molecule has 1 N–H and O–H groups in total. The largest absolute Gasteiger partial charge is 0.352 e. The standard InChI is InChI=1S/C17H25N3O2/c1-14(21)20(12-16-10-6-7-11-18-16)13-17(22)19-15-8-4-2-3-5-9-15/h6-7,10-11,15H,2-5,8-9,12-13H2,1H3,(H,19,22). The van der Waals surface area contributed by atoms with Gasteiger partial charge in [0.25, 0.3) is 0 Å². The number of rotatable bonds is 5. The fraction of sp³-hybridized carbons (Fsp3) is 0.588. The average Bonchev–Trinajstić information content (AvgIpc) is 2.76. The lowest BCUT2D eigenvalue weighted by atomic mass is 10.1. The number of nitrogens with one attached hydrogen (secondary N) is 1. The maximum absolute atomic E-state index is 12.2. The van der Waals surface area contributed by atoms with Crippen LogP contribution in [0.4, 0.5) is 0 Å². The van der Waals surface area contributed by atoms with Crippen LogP contribution in [0.25, 0.3) is 0 Å². The van der Waals surface area contributed by atoms with E-state index in [1.54, 1.807) is 6.20 Å². The summed E-state index contributed by atoms with van der Waals surface area (Å²) < 4.78 is 0. The maximum Gasteiger partial charge on any atom is 0.239 e. The van der Waals surface area contributed by atoms with E-state index in [1.165, 1.54) is 37.5 Å². The monoisotopic (exact) mass is 303 g/mol. The van der Waals surface area contributed by atoms with Crippen LogP contribution in [0, 0.1) is 0 Å². The van der Waals surface area contributed by atoms with Gasteiger partial charge in [-0.15, -0.1) is 0 Å². The number of hydrogen-bond acceptors (Lipinski definition) is 3. The van der Waals surface area contributed by atoms with Gasteiger partial charge in [0.15, 0.2) is 0 Å². The zero-order valence-electron chi connectivity index (χ0n) is 13.3. The number of carbonyl (C=O) groups is 2. The molecule has 5 nitrogen and oxygen atoms in total. The fourth-order valence-corrected chi connectivity index (χ4v) is 2.84. The molecule has 0 spiro atoms. The molecule has 5 heteroatoms. The predicted molar refractivity (Wildman–Crippen MR) is 85.0 cm³/mol. The SMILES string of the molecule is CC(=O)N(CC(=O)NC1CCCCCC1)Cc1ccccn1. The van der Waals surface area contributed by atoms with E-state index in [0.29, 0.717) is 6.54 Å². The molecule has 2 amide bonds. The predicted octanol–water partition coefficient (Wildman–Crippen LogP) is 2.27. The van der Waals surface area contributed by atoms with Gasteiger partial charge in [-0.1, -0.05) is 31.7 Å². The van der Waals surface area contributed by atoms with Gasteiger partial charge in [-0.2, -0.15) is 0 Å². The molecule has 2 rings (SSSR count). The van der Waals surface area contributed by atoms with Crippen molar-refractivity contribution < 1.29 is 9.59 Å². The Kier molecular flexibility index (Phi) is 6.37. The van der Waals surface area contributed by atoms with Gasteiger partial charge in [0, 0.05) is 19.2 Å². The minimum Gasteiger partial charge on any atom is -0.352 e. The lowest BCUT2D eigenvalue weighted by molar-refractivity contribution is -0.135. The van der Waals surface area contributed by atoms with Crippen LogP contribution in [-0.2, 0) is 16.1 Å². The highest BCUT2D eigenvalue weighted by atomic mass is 16.2. The number of amides is 2. The molecule has 0 bridgehead atoms. The molecule has 1 aromatic heterocycles. The Morgan fingerprint density at radius 2 is 1.95 bits per heavy atom. The second kappa shape index (κ2) is 8.51. The normalized spacial score (nSPS) is 15.9. The highest BCUT2D eigenvalue weighted by Gasteiger charge is 2.18. The van der Waals surface area contributed by atoms with Crippen LogP contribution in [0.3, 0.4) is 0 Å². The molecule has 0 atom stereocenters. The van der Waals surface area contributed by atoms with Crippen molar-refractivity contribution in [2.75, 3.05) is 6.54 Å². The van der Waals surface area contributed by atoms with Crippen LogP contribution in [0.2, 0.25) is 0 Å². The number of carbonyl (C=O) groups excluding carboxylic acids is 2. The van der Waals surface area contributed by atoms with Gasteiger partial charge in [0.2, 0.25) is 11.8 Å². The molecule has 1 heterocycles. The Hall–Kier alpha value is -1.91. The van der Waals surface area contributed by atoms with Gasteiger partial charge in [-0.25, -0.2) is 0 Å². The van der Waals surface area contributed by atoms with Gasteiger partial charge in [0.1, 0.15) is 0 Å². The van der Waals surface area contributed by atoms with Crippen LogP contribution in [-0.4, -0.2) is 34.3 Å². The zero-order valence-corrected chi connectivity index (χ0v) is 13.3. The summed E-state index contributed by atoms with van der Waals surface area (Å²) in [5.74, 6) is -0.181. The van der Waals surface area contributed by atoms with Crippen LogP contribution in [0.15, 0.2) is 24.4 Å². The van der Waals surface area contributed by atoms with Crippen LogP contribution >= 0.6 is 0 Å². The summed E-state index contributed by atoms with van der Waals surface area (Å²) in [6.45, 7) is 1.96. The Labute approximate surface area is 132 Å². The molecule has 120 valence electrons. The Balaban J connectivity index is 1.87. The van der Waals surface area contributed by atoms with Gasteiger partial charge in [-0.05, 0) is 25.0 Å². The molecule has 1 fully saturated rings. The maximum atomic E-state index is 12.2. The van der Waals surface area contributed by atoms with E-state index < -0.39 is 0 Å². The summed E-state index contributed by atoms with van der Waals surface area (Å²) >= 11 is 0. The lowest BCUT2D eigenvalue weighted by Gasteiger charge is -2.22.